The molecule has 0 amide bonds. The molecule has 0 aliphatic heterocycles. The first-order chi connectivity index (χ1) is 18.0. The third-order valence-corrected chi connectivity index (χ3v) is 4.76. The van der Waals surface area contributed by atoms with Gasteiger partial charge in [0.1, 0.15) is 13.2 Å². The van der Waals surface area contributed by atoms with Gasteiger partial charge in [-0.1, -0.05) is 12.2 Å². The number of hydrogen-bond donors (Lipinski definition) is 0. The van der Waals surface area contributed by atoms with E-state index in [2.05, 4.69) is 0 Å². The van der Waals surface area contributed by atoms with Crippen molar-refractivity contribution in [3.05, 3.63) is 47.5 Å². The highest BCUT2D eigenvalue weighted by Gasteiger charge is 2.23. The fraction of sp³-hybridized carbons (Fsp3) is 0.286. The Bertz CT molecular complexity index is 1160. The molecule has 0 unspecified atom stereocenters. The maximum absolute atomic E-state index is 12.0. The van der Waals surface area contributed by atoms with Gasteiger partial charge in [-0.15, -0.1) is 0 Å². The molecule has 0 saturated heterocycles. The predicted molar refractivity (Wildman–Crippen MR) is 139 cm³/mol. The second kappa shape index (κ2) is 14.2. The Kier molecular flexibility index (Phi) is 11.1. The third kappa shape index (κ3) is 8.81. The van der Waals surface area contributed by atoms with E-state index in [4.69, 9.17) is 28.4 Å². The predicted octanol–water partition coefficient (Wildman–Crippen LogP) is 4.37. The normalized spacial score (nSPS) is 10.8. The Hall–Kier alpha value is -4.60. The van der Waals surface area contributed by atoms with Crippen LogP contribution in [0, 0.1) is 0 Å². The van der Waals surface area contributed by atoms with Crippen molar-refractivity contribution >= 4 is 36.0 Å². The second-order valence-electron chi connectivity index (χ2n) is 7.80. The zero-order chi connectivity index (χ0) is 28.2. The lowest BCUT2D eigenvalue weighted by Crippen LogP contribution is -2.08. The van der Waals surface area contributed by atoms with Crippen molar-refractivity contribution in [3.8, 4) is 34.1 Å². The Morgan fingerprint density at radius 3 is 1.26 bits per heavy atom. The summed E-state index contributed by atoms with van der Waals surface area (Å²) in [6.07, 6.45) is 6.65. The zero-order valence-corrected chi connectivity index (χ0v) is 22.1. The summed E-state index contributed by atoms with van der Waals surface area (Å²) < 4.78 is 31.9. The Morgan fingerprint density at radius 1 is 0.605 bits per heavy atom. The van der Waals surface area contributed by atoms with Crippen LogP contribution in [0.2, 0.25) is 0 Å². The van der Waals surface area contributed by atoms with Crippen LogP contribution in [-0.2, 0) is 28.7 Å². The fourth-order valence-corrected chi connectivity index (χ4v) is 3.34. The van der Waals surface area contributed by atoms with E-state index >= 15 is 0 Å². The van der Waals surface area contributed by atoms with Gasteiger partial charge in [-0.25, -0.2) is 0 Å². The number of ether oxygens (including phenoxy) is 6. The number of carbonyl (C=O) groups is 4. The molecule has 0 fully saturated rings. The van der Waals surface area contributed by atoms with Gasteiger partial charge < -0.3 is 28.4 Å². The molecule has 0 bridgehead atoms. The van der Waals surface area contributed by atoms with Crippen LogP contribution >= 0.6 is 0 Å². The number of esters is 4. The molecule has 0 spiro atoms. The summed E-state index contributed by atoms with van der Waals surface area (Å²) in [5, 5.41) is 0. The average molecular weight is 527 g/mol. The summed E-state index contributed by atoms with van der Waals surface area (Å²) in [4.78, 5) is 46.2. The van der Waals surface area contributed by atoms with Crippen LogP contribution < -0.4 is 18.9 Å². The van der Waals surface area contributed by atoms with Gasteiger partial charge in [0.05, 0.1) is 14.2 Å². The van der Waals surface area contributed by atoms with Gasteiger partial charge >= 0.3 is 23.9 Å². The van der Waals surface area contributed by atoms with E-state index < -0.39 is 23.9 Å². The molecule has 0 atom stereocenters. The first kappa shape index (κ1) is 29.6. The largest absolute Gasteiger partial charge is 0.493 e. The SMILES string of the molecule is COc1cc(/C=C/COC(C)=O)cc(-c2cc(/C=C/COC(C)=O)cc(OC)c2OC(C)=O)c1OC(C)=O. The molecule has 0 aliphatic rings. The van der Waals surface area contributed by atoms with Crippen molar-refractivity contribution < 1.29 is 47.6 Å². The molecule has 10 nitrogen and oxygen atoms in total. The molecule has 38 heavy (non-hydrogen) atoms. The summed E-state index contributed by atoms with van der Waals surface area (Å²) in [5.41, 5.74) is 1.94. The molecule has 0 radical (unpaired) electrons. The number of carbonyl (C=O) groups excluding carboxylic acids is 4. The molecule has 0 heterocycles. The van der Waals surface area contributed by atoms with Gasteiger partial charge in [-0.2, -0.15) is 0 Å². The van der Waals surface area contributed by atoms with E-state index in [1.165, 1.54) is 41.9 Å². The molecule has 10 heteroatoms. The van der Waals surface area contributed by atoms with E-state index in [0.29, 0.717) is 22.3 Å². The lowest BCUT2D eigenvalue weighted by Gasteiger charge is -2.19. The van der Waals surface area contributed by atoms with Gasteiger partial charge in [-0.3, -0.25) is 19.2 Å². The van der Waals surface area contributed by atoms with Crippen LogP contribution in [0.4, 0.5) is 0 Å². The molecule has 202 valence electrons. The molecular weight excluding hydrogens is 496 g/mol. The number of methoxy groups -OCH3 is 2. The second-order valence-corrected chi connectivity index (χ2v) is 7.80. The van der Waals surface area contributed by atoms with Crippen molar-refractivity contribution in [2.24, 2.45) is 0 Å². The van der Waals surface area contributed by atoms with Crippen molar-refractivity contribution in [1.82, 2.24) is 0 Å². The molecule has 2 rings (SSSR count). The maximum Gasteiger partial charge on any atom is 0.308 e. The van der Waals surface area contributed by atoms with Crippen molar-refractivity contribution in [1.29, 1.82) is 0 Å². The molecule has 2 aromatic carbocycles. The maximum atomic E-state index is 12.0. The first-order valence-electron chi connectivity index (χ1n) is 11.5. The summed E-state index contributed by atoms with van der Waals surface area (Å²) >= 11 is 0. The monoisotopic (exact) mass is 526 g/mol. The highest BCUT2D eigenvalue weighted by Crippen LogP contribution is 2.47. The van der Waals surface area contributed by atoms with Crippen LogP contribution in [0.3, 0.4) is 0 Å². The van der Waals surface area contributed by atoms with Gasteiger partial charge in [0.15, 0.2) is 23.0 Å². The molecule has 0 aromatic heterocycles. The number of benzene rings is 2. The highest BCUT2D eigenvalue weighted by molar-refractivity contribution is 5.88. The topological polar surface area (TPSA) is 124 Å². The summed E-state index contributed by atoms with van der Waals surface area (Å²) in [5.74, 6) is -1.39. The highest BCUT2D eigenvalue weighted by atomic mass is 16.6. The smallest absolute Gasteiger partial charge is 0.308 e. The van der Waals surface area contributed by atoms with Crippen LogP contribution in [0.5, 0.6) is 23.0 Å². The van der Waals surface area contributed by atoms with E-state index in [1.807, 2.05) is 0 Å². The summed E-state index contributed by atoms with van der Waals surface area (Å²) in [6.45, 7) is 5.21. The zero-order valence-electron chi connectivity index (χ0n) is 22.1. The lowest BCUT2D eigenvalue weighted by molar-refractivity contribution is -0.140. The van der Waals surface area contributed by atoms with E-state index in [-0.39, 0.29) is 36.2 Å². The third-order valence-electron chi connectivity index (χ3n) is 4.76. The summed E-state index contributed by atoms with van der Waals surface area (Å²) in [6, 6.07) is 6.66. The van der Waals surface area contributed by atoms with Crippen molar-refractivity contribution in [2.45, 2.75) is 27.7 Å². The van der Waals surface area contributed by atoms with Crippen LogP contribution in [0.15, 0.2) is 36.4 Å². The fourth-order valence-electron chi connectivity index (χ4n) is 3.34. The average Bonchev–Trinajstić information content (AvgIpc) is 2.84. The molecule has 0 aliphatic carbocycles. The van der Waals surface area contributed by atoms with Gasteiger partial charge in [-0.05, 0) is 47.5 Å². The number of hydrogen-bond acceptors (Lipinski definition) is 10. The number of rotatable bonds is 11. The minimum atomic E-state index is -0.596. The Labute approximate surface area is 220 Å². The minimum absolute atomic E-state index is 0.0494. The van der Waals surface area contributed by atoms with E-state index in [0.717, 1.165) is 0 Å². The van der Waals surface area contributed by atoms with Crippen molar-refractivity contribution in [2.75, 3.05) is 27.4 Å². The van der Waals surface area contributed by atoms with E-state index in [1.54, 1.807) is 48.6 Å². The molecule has 0 saturated carbocycles. The van der Waals surface area contributed by atoms with Crippen LogP contribution in [0.25, 0.3) is 23.3 Å². The van der Waals surface area contributed by atoms with Crippen LogP contribution in [0.1, 0.15) is 38.8 Å². The lowest BCUT2D eigenvalue weighted by atomic mass is 9.97. The van der Waals surface area contributed by atoms with Gasteiger partial charge in [0, 0.05) is 38.8 Å². The molecular formula is C28H30O10. The Balaban J connectivity index is 2.80. The standard InChI is InChI=1S/C28H30O10/c1-17(29)35-11-7-9-21-13-23(27(37-19(3)31)25(15-21)33-5)24-14-22(10-8-12-36-18(2)30)16-26(34-6)28(24)38-20(4)32/h7-10,13-16H,11-12H2,1-6H3/b9-7+,10-8+. The van der Waals surface area contributed by atoms with E-state index in [9.17, 15) is 19.2 Å². The van der Waals surface area contributed by atoms with Gasteiger partial charge in [0.25, 0.3) is 0 Å². The van der Waals surface area contributed by atoms with Gasteiger partial charge in [0.2, 0.25) is 0 Å². The van der Waals surface area contributed by atoms with Crippen molar-refractivity contribution in [3.63, 3.8) is 0 Å². The van der Waals surface area contributed by atoms with Crippen LogP contribution in [-0.4, -0.2) is 51.3 Å². The molecule has 0 N–H and O–H groups in total. The molecule has 2 aromatic rings. The Morgan fingerprint density at radius 2 is 0.974 bits per heavy atom. The quantitative estimate of drug-likeness (QED) is 0.308. The minimum Gasteiger partial charge on any atom is -0.493 e. The summed E-state index contributed by atoms with van der Waals surface area (Å²) in [7, 11) is 2.83. The first-order valence-corrected chi connectivity index (χ1v) is 11.5.